The van der Waals surface area contributed by atoms with Crippen molar-refractivity contribution in [1.82, 2.24) is 5.32 Å². The zero-order valence-corrected chi connectivity index (χ0v) is 16.5. The second kappa shape index (κ2) is 8.27. The molecule has 144 valence electrons. The molecule has 0 heterocycles. The van der Waals surface area contributed by atoms with Gasteiger partial charge in [0.1, 0.15) is 0 Å². The number of para-hydroxylation sites is 1. The second-order valence-electron chi connectivity index (χ2n) is 6.55. The molecular formula is C22H22N2O3S. The highest BCUT2D eigenvalue weighted by Gasteiger charge is 2.18. The molecule has 5 nitrogen and oxygen atoms in total. The Balaban J connectivity index is 1.79. The van der Waals surface area contributed by atoms with Gasteiger partial charge in [-0.3, -0.25) is 9.52 Å². The minimum absolute atomic E-state index is 0.0377. The van der Waals surface area contributed by atoms with Crippen molar-refractivity contribution in [3.8, 4) is 0 Å². The fourth-order valence-electron chi connectivity index (χ4n) is 2.80. The molecule has 0 spiro atoms. The lowest BCUT2D eigenvalue weighted by atomic mass is 10.1. The summed E-state index contributed by atoms with van der Waals surface area (Å²) >= 11 is 0. The Morgan fingerprint density at radius 2 is 1.57 bits per heavy atom. The standard InChI is InChI=1S/C22H22N2O3S/c1-16-9-6-7-14-21(16)24-28(26,27)20-13-8-12-19(15-20)22(25)23-17(2)18-10-4-3-5-11-18/h3-15,17,24H,1-2H3,(H,23,25). The molecular weight excluding hydrogens is 372 g/mol. The van der Waals surface area contributed by atoms with Crippen molar-refractivity contribution in [1.29, 1.82) is 0 Å². The first kappa shape index (κ1) is 19.6. The number of carbonyl (C=O) groups excluding carboxylic acids is 1. The van der Waals surface area contributed by atoms with E-state index in [-0.39, 0.29) is 22.4 Å². The summed E-state index contributed by atoms with van der Waals surface area (Å²) in [5.41, 5.74) is 2.59. The maximum Gasteiger partial charge on any atom is 0.261 e. The van der Waals surface area contributed by atoms with E-state index in [1.165, 1.54) is 12.1 Å². The van der Waals surface area contributed by atoms with Gasteiger partial charge in [0, 0.05) is 5.56 Å². The molecule has 0 fully saturated rings. The summed E-state index contributed by atoms with van der Waals surface area (Å²) in [7, 11) is -3.80. The van der Waals surface area contributed by atoms with Gasteiger partial charge in [-0.25, -0.2) is 8.42 Å². The van der Waals surface area contributed by atoms with Crippen molar-refractivity contribution in [2.75, 3.05) is 4.72 Å². The zero-order chi connectivity index (χ0) is 20.1. The van der Waals surface area contributed by atoms with Crippen molar-refractivity contribution in [3.05, 3.63) is 95.6 Å². The minimum atomic E-state index is -3.80. The molecule has 3 rings (SSSR count). The third kappa shape index (κ3) is 4.58. The lowest BCUT2D eigenvalue weighted by Crippen LogP contribution is -2.27. The molecule has 3 aromatic rings. The molecule has 0 aromatic heterocycles. The predicted octanol–water partition coefficient (Wildman–Crippen LogP) is 4.29. The minimum Gasteiger partial charge on any atom is -0.346 e. The first-order chi connectivity index (χ1) is 13.4. The van der Waals surface area contributed by atoms with Crippen LogP contribution in [0.2, 0.25) is 0 Å². The van der Waals surface area contributed by atoms with Gasteiger partial charge in [-0.05, 0) is 49.2 Å². The number of sulfonamides is 1. The molecule has 0 saturated heterocycles. The Hall–Kier alpha value is -3.12. The van der Waals surface area contributed by atoms with Gasteiger partial charge >= 0.3 is 0 Å². The number of hydrogen-bond acceptors (Lipinski definition) is 3. The van der Waals surface area contributed by atoms with Crippen LogP contribution in [0.5, 0.6) is 0 Å². The molecule has 0 saturated carbocycles. The van der Waals surface area contributed by atoms with Crippen LogP contribution in [0.3, 0.4) is 0 Å². The van der Waals surface area contributed by atoms with Gasteiger partial charge in [0.05, 0.1) is 16.6 Å². The monoisotopic (exact) mass is 394 g/mol. The SMILES string of the molecule is Cc1ccccc1NS(=O)(=O)c1cccc(C(=O)NC(C)c2ccccc2)c1. The molecule has 3 aromatic carbocycles. The van der Waals surface area contributed by atoms with Crippen molar-refractivity contribution in [3.63, 3.8) is 0 Å². The van der Waals surface area contributed by atoms with Crippen LogP contribution in [-0.4, -0.2) is 14.3 Å². The maximum atomic E-state index is 12.7. The van der Waals surface area contributed by atoms with E-state index in [2.05, 4.69) is 10.0 Å². The Morgan fingerprint density at radius 1 is 0.893 bits per heavy atom. The van der Waals surface area contributed by atoms with Gasteiger partial charge < -0.3 is 5.32 Å². The third-order valence-electron chi connectivity index (χ3n) is 4.44. The van der Waals surface area contributed by atoms with Gasteiger partial charge in [0.2, 0.25) is 0 Å². The number of amides is 1. The van der Waals surface area contributed by atoms with Crippen LogP contribution < -0.4 is 10.0 Å². The van der Waals surface area contributed by atoms with E-state index >= 15 is 0 Å². The Labute approximate surface area is 165 Å². The van der Waals surface area contributed by atoms with Crippen LogP contribution in [0, 0.1) is 6.92 Å². The number of hydrogen-bond donors (Lipinski definition) is 2. The smallest absolute Gasteiger partial charge is 0.261 e. The zero-order valence-electron chi connectivity index (χ0n) is 15.7. The summed E-state index contributed by atoms with van der Waals surface area (Å²) in [6, 6.07) is 22.5. The van der Waals surface area contributed by atoms with Gasteiger partial charge in [0.15, 0.2) is 0 Å². The summed E-state index contributed by atoms with van der Waals surface area (Å²) in [5.74, 6) is -0.329. The fourth-order valence-corrected chi connectivity index (χ4v) is 3.98. The van der Waals surface area contributed by atoms with Crippen LogP contribution in [0.4, 0.5) is 5.69 Å². The molecule has 0 aliphatic rings. The highest BCUT2D eigenvalue weighted by Crippen LogP contribution is 2.20. The van der Waals surface area contributed by atoms with Gasteiger partial charge in [-0.1, -0.05) is 54.6 Å². The number of aryl methyl sites for hydroxylation is 1. The first-order valence-electron chi connectivity index (χ1n) is 8.91. The molecule has 0 aliphatic heterocycles. The van der Waals surface area contributed by atoms with E-state index in [0.29, 0.717) is 5.69 Å². The quantitative estimate of drug-likeness (QED) is 0.655. The van der Waals surface area contributed by atoms with Crippen LogP contribution in [-0.2, 0) is 10.0 Å². The number of benzene rings is 3. The summed E-state index contributed by atoms with van der Waals surface area (Å²) in [6.07, 6.45) is 0. The maximum absolute atomic E-state index is 12.7. The normalized spacial score (nSPS) is 12.2. The molecule has 1 amide bonds. The van der Waals surface area contributed by atoms with Crippen molar-refractivity contribution in [2.45, 2.75) is 24.8 Å². The average molecular weight is 394 g/mol. The number of nitrogens with one attached hydrogen (secondary N) is 2. The molecule has 0 bridgehead atoms. The van der Waals surface area contributed by atoms with E-state index in [1.54, 1.807) is 24.3 Å². The summed E-state index contributed by atoms with van der Waals surface area (Å²) in [4.78, 5) is 12.6. The van der Waals surface area contributed by atoms with Gasteiger partial charge in [-0.2, -0.15) is 0 Å². The van der Waals surface area contributed by atoms with Crippen molar-refractivity contribution < 1.29 is 13.2 Å². The van der Waals surface area contributed by atoms with Crippen LogP contribution in [0.25, 0.3) is 0 Å². The lowest BCUT2D eigenvalue weighted by Gasteiger charge is -2.15. The van der Waals surface area contributed by atoms with Gasteiger partial charge in [-0.15, -0.1) is 0 Å². The van der Waals surface area contributed by atoms with Gasteiger partial charge in [0.25, 0.3) is 15.9 Å². The molecule has 2 N–H and O–H groups in total. The summed E-state index contributed by atoms with van der Waals surface area (Å²) in [5, 5.41) is 2.90. The van der Waals surface area contributed by atoms with Crippen LogP contribution in [0.1, 0.15) is 34.5 Å². The molecule has 1 unspecified atom stereocenters. The van der Waals surface area contributed by atoms with E-state index in [1.807, 2.05) is 56.3 Å². The summed E-state index contributed by atoms with van der Waals surface area (Å²) < 4.78 is 28.0. The van der Waals surface area contributed by atoms with E-state index in [0.717, 1.165) is 11.1 Å². The predicted molar refractivity (Wildman–Crippen MR) is 111 cm³/mol. The summed E-state index contributed by atoms with van der Waals surface area (Å²) in [6.45, 7) is 3.71. The average Bonchev–Trinajstić information content (AvgIpc) is 2.70. The molecule has 0 aliphatic carbocycles. The second-order valence-corrected chi connectivity index (χ2v) is 8.24. The Morgan fingerprint density at radius 3 is 2.29 bits per heavy atom. The largest absolute Gasteiger partial charge is 0.346 e. The fraction of sp³-hybridized carbons (Fsp3) is 0.136. The topological polar surface area (TPSA) is 75.3 Å². The highest BCUT2D eigenvalue weighted by atomic mass is 32.2. The first-order valence-corrected chi connectivity index (χ1v) is 10.4. The third-order valence-corrected chi connectivity index (χ3v) is 5.81. The van der Waals surface area contributed by atoms with E-state index in [4.69, 9.17) is 0 Å². The number of anilines is 1. The number of carbonyl (C=O) groups is 1. The Bertz CT molecular complexity index is 1080. The molecule has 1 atom stereocenters. The van der Waals surface area contributed by atoms with Crippen LogP contribution in [0.15, 0.2) is 83.8 Å². The van der Waals surface area contributed by atoms with E-state index in [9.17, 15) is 13.2 Å². The Kier molecular flexibility index (Phi) is 5.80. The van der Waals surface area contributed by atoms with Crippen molar-refractivity contribution in [2.24, 2.45) is 0 Å². The lowest BCUT2D eigenvalue weighted by molar-refractivity contribution is 0.0939. The van der Waals surface area contributed by atoms with E-state index < -0.39 is 10.0 Å². The molecule has 28 heavy (non-hydrogen) atoms. The molecule has 0 radical (unpaired) electrons. The highest BCUT2D eigenvalue weighted by molar-refractivity contribution is 7.92. The number of rotatable bonds is 6. The van der Waals surface area contributed by atoms with Crippen molar-refractivity contribution >= 4 is 21.6 Å². The molecule has 6 heteroatoms. The van der Waals surface area contributed by atoms with Crippen LogP contribution >= 0.6 is 0 Å².